The highest BCUT2D eigenvalue weighted by Gasteiger charge is 2.31. The topological polar surface area (TPSA) is 51.1 Å². The quantitative estimate of drug-likeness (QED) is 0.795. The van der Waals surface area contributed by atoms with Gasteiger partial charge in [0.2, 0.25) is 11.2 Å². The van der Waals surface area contributed by atoms with Gasteiger partial charge < -0.3 is 9.64 Å². The molecule has 0 radical (unpaired) electrons. The molecule has 1 aliphatic rings. The molecule has 6 heteroatoms. The molecule has 5 nitrogen and oxygen atoms in total. The molecule has 0 N–H and O–H groups in total. The molecule has 0 atom stereocenters. The van der Waals surface area contributed by atoms with Gasteiger partial charge in [-0.1, -0.05) is 13.8 Å². The fraction of sp³-hybridized carbons (Fsp3) is 0.750. The Morgan fingerprint density at radius 1 is 1.33 bits per heavy atom. The molecule has 0 aliphatic heterocycles. The molecule has 0 aromatic carbocycles. The summed E-state index contributed by atoms with van der Waals surface area (Å²) in [7, 11) is 0. The molecule has 0 spiro atoms. The molecular formula is C12H19ClN4O. The van der Waals surface area contributed by atoms with Crippen LogP contribution in [0.15, 0.2) is 0 Å². The van der Waals surface area contributed by atoms with Crippen LogP contribution < -0.4 is 9.64 Å². The van der Waals surface area contributed by atoms with Crippen molar-refractivity contribution in [1.82, 2.24) is 15.0 Å². The molecule has 100 valence electrons. The van der Waals surface area contributed by atoms with Gasteiger partial charge in [0.25, 0.3) is 0 Å². The van der Waals surface area contributed by atoms with Crippen LogP contribution in [-0.4, -0.2) is 34.1 Å². The van der Waals surface area contributed by atoms with Crippen molar-refractivity contribution in [3.05, 3.63) is 5.28 Å². The maximum absolute atomic E-state index is 5.92. The second-order valence-corrected chi connectivity index (χ2v) is 5.24. The molecule has 1 fully saturated rings. The van der Waals surface area contributed by atoms with Crippen LogP contribution in [0.3, 0.4) is 0 Å². The molecule has 0 bridgehead atoms. The van der Waals surface area contributed by atoms with Crippen LogP contribution in [0.4, 0.5) is 5.95 Å². The van der Waals surface area contributed by atoms with Gasteiger partial charge >= 0.3 is 6.01 Å². The van der Waals surface area contributed by atoms with E-state index in [-0.39, 0.29) is 5.28 Å². The second-order valence-electron chi connectivity index (χ2n) is 4.90. The van der Waals surface area contributed by atoms with Gasteiger partial charge in [-0.05, 0) is 37.3 Å². The second kappa shape index (κ2) is 5.69. The summed E-state index contributed by atoms with van der Waals surface area (Å²) >= 11 is 5.92. The fourth-order valence-electron chi connectivity index (χ4n) is 1.82. The summed E-state index contributed by atoms with van der Waals surface area (Å²) in [6.45, 7) is 7.71. The van der Waals surface area contributed by atoms with E-state index in [4.69, 9.17) is 16.3 Å². The van der Waals surface area contributed by atoms with Crippen LogP contribution >= 0.6 is 11.6 Å². The van der Waals surface area contributed by atoms with E-state index in [0.717, 1.165) is 6.54 Å². The highest BCUT2D eigenvalue weighted by Crippen LogP contribution is 2.31. The van der Waals surface area contributed by atoms with E-state index in [9.17, 15) is 0 Å². The third-order valence-electron chi connectivity index (χ3n) is 2.66. The van der Waals surface area contributed by atoms with E-state index < -0.39 is 0 Å². The lowest BCUT2D eigenvalue weighted by atomic mass is 10.2. The van der Waals surface area contributed by atoms with Gasteiger partial charge in [0, 0.05) is 12.6 Å². The number of aromatic nitrogens is 3. The van der Waals surface area contributed by atoms with E-state index in [1.165, 1.54) is 12.8 Å². The molecule has 0 amide bonds. The zero-order chi connectivity index (χ0) is 13.1. The van der Waals surface area contributed by atoms with Crippen LogP contribution in [0, 0.1) is 5.92 Å². The first-order valence-electron chi connectivity index (χ1n) is 6.41. The zero-order valence-corrected chi connectivity index (χ0v) is 11.8. The van der Waals surface area contributed by atoms with Crippen LogP contribution in [0.25, 0.3) is 0 Å². The lowest BCUT2D eigenvalue weighted by molar-refractivity contribution is 0.311. The summed E-state index contributed by atoms with van der Waals surface area (Å²) in [5, 5.41) is 0.192. The summed E-state index contributed by atoms with van der Waals surface area (Å²) in [6.07, 6.45) is 2.39. The molecule has 1 aromatic rings. The number of hydrogen-bond acceptors (Lipinski definition) is 5. The molecule has 2 rings (SSSR count). The number of halogens is 1. The van der Waals surface area contributed by atoms with Crippen molar-refractivity contribution in [3.8, 4) is 6.01 Å². The molecule has 18 heavy (non-hydrogen) atoms. The molecule has 1 aliphatic carbocycles. The predicted octanol–water partition coefficient (Wildman–Crippen LogP) is 2.55. The van der Waals surface area contributed by atoms with Crippen molar-refractivity contribution < 1.29 is 4.74 Å². The summed E-state index contributed by atoms with van der Waals surface area (Å²) in [4.78, 5) is 14.7. The first-order chi connectivity index (χ1) is 8.60. The van der Waals surface area contributed by atoms with Crippen molar-refractivity contribution in [2.24, 2.45) is 5.92 Å². The van der Waals surface area contributed by atoms with E-state index in [0.29, 0.717) is 30.5 Å². The number of nitrogens with zero attached hydrogens (tertiary/aromatic N) is 4. The Balaban J connectivity index is 2.22. The van der Waals surface area contributed by atoms with E-state index in [1.807, 2.05) is 6.92 Å². The van der Waals surface area contributed by atoms with Crippen LogP contribution in [0.1, 0.15) is 33.6 Å². The van der Waals surface area contributed by atoms with Crippen molar-refractivity contribution >= 4 is 17.5 Å². The van der Waals surface area contributed by atoms with Gasteiger partial charge in [-0.15, -0.1) is 0 Å². The molecular weight excluding hydrogens is 252 g/mol. The average molecular weight is 271 g/mol. The van der Waals surface area contributed by atoms with Crippen molar-refractivity contribution in [2.75, 3.05) is 18.1 Å². The number of ether oxygens (including phenoxy) is 1. The normalized spacial score (nSPS) is 14.9. The van der Waals surface area contributed by atoms with E-state index in [1.54, 1.807) is 0 Å². The van der Waals surface area contributed by atoms with Crippen molar-refractivity contribution in [2.45, 2.75) is 39.7 Å². The zero-order valence-electron chi connectivity index (χ0n) is 11.1. The Kier molecular flexibility index (Phi) is 4.22. The Hall–Kier alpha value is -1.10. The Labute approximate surface area is 113 Å². The predicted molar refractivity (Wildman–Crippen MR) is 71.2 cm³/mol. The lowest BCUT2D eigenvalue weighted by Gasteiger charge is -2.24. The van der Waals surface area contributed by atoms with Gasteiger partial charge in [0.05, 0.1) is 6.61 Å². The average Bonchev–Trinajstić information content (AvgIpc) is 3.09. The molecule has 1 aromatic heterocycles. The van der Waals surface area contributed by atoms with Crippen LogP contribution in [0.5, 0.6) is 6.01 Å². The first kappa shape index (κ1) is 13.3. The summed E-state index contributed by atoms with van der Waals surface area (Å²) in [6, 6.07) is 0.849. The minimum absolute atomic E-state index is 0.192. The maximum atomic E-state index is 5.92. The highest BCUT2D eigenvalue weighted by atomic mass is 35.5. The standard InChI is InChI=1S/C12H19ClN4O/c1-4-18-12-15-10(13)14-11(16-12)17(7-8(2)3)9-5-6-9/h8-9H,4-7H2,1-3H3. The summed E-state index contributed by atoms with van der Waals surface area (Å²) in [5.74, 6) is 1.19. The first-order valence-corrected chi connectivity index (χ1v) is 6.79. The number of hydrogen-bond donors (Lipinski definition) is 0. The molecule has 1 heterocycles. The Morgan fingerprint density at radius 2 is 2.06 bits per heavy atom. The van der Waals surface area contributed by atoms with Gasteiger partial charge in [-0.2, -0.15) is 15.0 Å². The molecule has 0 saturated heterocycles. The Morgan fingerprint density at radius 3 is 2.61 bits per heavy atom. The van der Waals surface area contributed by atoms with Crippen molar-refractivity contribution in [1.29, 1.82) is 0 Å². The number of anilines is 1. The highest BCUT2D eigenvalue weighted by molar-refractivity contribution is 6.28. The van der Waals surface area contributed by atoms with Crippen LogP contribution in [0.2, 0.25) is 5.28 Å². The maximum Gasteiger partial charge on any atom is 0.322 e. The lowest BCUT2D eigenvalue weighted by Crippen LogP contribution is -2.31. The van der Waals surface area contributed by atoms with Crippen molar-refractivity contribution in [3.63, 3.8) is 0 Å². The summed E-state index contributed by atoms with van der Waals surface area (Å²) in [5.41, 5.74) is 0. The smallest absolute Gasteiger partial charge is 0.322 e. The third kappa shape index (κ3) is 3.45. The third-order valence-corrected chi connectivity index (χ3v) is 2.82. The molecule has 1 saturated carbocycles. The largest absolute Gasteiger partial charge is 0.464 e. The van der Waals surface area contributed by atoms with Gasteiger partial charge in [-0.3, -0.25) is 0 Å². The minimum atomic E-state index is 0.192. The van der Waals surface area contributed by atoms with Gasteiger partial charge in [0.1, 0.15) is 0 Å². The monoisotopic (exact) mass is 270 g/mol. The van der Waals surface area contributed by atoms with Crippen LogP contribution in [-0.2, 0) is 0 Å². The van der Waals surface area contributed by atoms with E-state index >= 15 is 0 Å². The van der Waals surface area contributed by atoms with Gasteiger partial charge in [-0.25, -0.2) is 0 Å². The summed E-state index contributed by atoms with van der Waals surface area (Å²) < 4.78 is 5.31. The Bertz CT molecular complexity index is 409. The fourth-order valence-corrected chi connectivity index (χ4v) is 1.97. The molecule has 0 unspecified atom stereocenters. The minimum Gasteiger partial charge on any atom is -0.464 e. The number of rotatable bonds is 6. The SMILES string of the molecule is CCOc1nc(Cl)nc(N(CC(C)C)C2CC2)n1. The van der Waals surface area contributed by atoms with E-state index in [2.05, 4.69) is 33.7 Å². The van der Waals surface area contributed by atoms with Gasteiger partial charge in [0.15, 0.2) is 0 Å².